The van der Waals surface area contributed by atoms with Gasteiger partial charge in [-0.05, 0) is 80.8 Å². The summed E-state index contributed by atoms with van der Waals surface area (Å²) < 4.78 is 2.48. The number of aromatic hydroxyl groups is 1. The average Bonchev–Trinajstić information content (AvgIpc) is 2.26. The molecule has 0 atom stereocenters. The Hall–Kier alpha value is 1.18. The van der Waals surface area contributed by atoms with Crippen molar-refractivity contribution in [3.05, 3.63) is 24.8 Å². The number of hydrogen-bond donors (Lipinski definition) is 1. The Labute approximate surface area is 125 Å². The summed E-state index contributed by atoms with van der Waals surface area (Å²) >= 11 is 8.43. The summed E-state index contributed by atoms with van der Waals surface area (Å²) in [5, 5.41) is 9.70. The van der Waals surface area contributed by atoms with Gasteiger partial charge in [-0.25, -0.2) is 0 Å². The van der Waals surface area contributed by atoms with Crippen molar-refractivity contribution in [2.24, 2.45) is 0 Å². The number of rotatable bonds is 1. The Morgan fingerprint density at radius 1 is 1.13 bits per heavy atom. The van der Waals surface area contributed by atoms with E-state index in [2.05, 4.69) is 57.3 Å². The van der Waals surface area contributed by atoms with Crippen LogP contribution in [0, 0.1) is 7.14 Å². The minimum atomic E-state index is 0.422. The van der Waals surface area contributed by atoms with Crippen molar-refractivity contribution in [1.29, 1.82) is 0 Å². The lowest BCUT2D eigenvalue weighted by molar-refractivity contribution is 0.467. The normalized spacial score (nSPS) is 18.0. The maximum atomic E-state index is 9.70. The molecular formula is C10H10I2OS2. The fourth-order valence-electron chi connectivity index (χ4n) is 1.40. The van der Waals surface area contributed by atoms with E-state index in [1.54, 1.807) is 0 Å². The largest absolute Gasteiger partial charge is 0.506 e. The van der Waals surface area contributed by atoms with Crippen molar-refractivity contribution in [2.75, 3.05) is 11.5 Å². The van der Waals surface area contributed by atoms with E-state index in [1.165, 1.54) is 23.5 Å². The summed E-state index contributed by atoms with van der Waals surface area (Å²) in [7, 11) is 0. The standard InChI is InChI=1S/C10H10I2OS2/c11-7-4-6(5-8(12)9(7)13)10-14-2-1-3-15-10/h4-5,10,13H,1-3H2. The van der Waals surface area contributed by atoms with E-state index in [-0.39, 0.29) is 0 Å². The first kappa shape index (κ1) is 12.6. The smallest absolute Gasteiger partial charge is 0.142 e. The van der Waals surface area contributed by atoms with Crippen molar-refractivity contribution in [3.63, 3.8) is 0 Å². The van der Waals surface area contributed by atoms with Gasteiger partial charge in [0.2, 0.25) is 0 Å². The first-order valence-corrected chi connectivity index (χ1v) is 8.85. The number of phenols is 1. The first-order chi connectivity index (χ1) is 7.18. The Bertz CT molecular complexity index is 341. The molecule has 1 aromatic rings. The highest BCUT2D eigenvalue weighted by molar-refractivity contribution is 14.1. The lowest BCUT2D eigenvalue weighted by Crippen LogP contribution is -2.01. The van der Waals surface area contributed by atoms with Gasteiger partial charge in [-0.1, -0.05) is 0 Å². The molecule has 0 amide bonds. The molecule has 1 heterocycles. The zero-order valence-electron chi connectivity index (χ0n) is 7.87. The van der Waals surface area contributed by atoms with Crippen LogP contribution < -0.4 is 0 Å². The molecule has 1 aliphatic heterocycles. The van der Waals surface area contributed by atoms with Crippen LogP contribution in [0.15, 0.2) is 12.1 Å². The van der Waals surface area contributed by atoms with Gasteiger partial charge in [0.05, 0.1) is 11.7 Å². The maximum absolute atomic E-state index is 9.70. The summed E-state index contributed by atoms with van der Waals surface area (Å²) in [5.74, 6) is 2.93. The minimum Gasteiger partial charge on any atom is -0.506 e. The van der Waals surface area contributed by atoms with Gasteiger partial charge in [-0.3, -0.25) is 0 Å². The third-order valence-corrected chi connectivity index (χ3v) is 6.80. The topological polar surface area (TPSA) is 20.2 Å². The minimum absolute atomic E-state index is 0.422. The van der Waals surface area contributed by atoms with Gasteiger partial charge in [0, 0.05) is 0 Å². The second kappa shape index (κ2) is 5.68. The van der Waals surface area contributed by atoms with Crippen LogP contribution in [0.25, 0.3) is 0 Å². The molecule has 1 N–H and O–H groups in total. The molecule has 0 aromatic heterocycles. The molecular weight excluding hydrogens is 454 g/mol. The Morgan fingerprint density at radius 3 is 2.20 bits per heavy atom. The van der Waals surface area contributed by atoms with Crippen LogP contribution in [-0.2, 0) is 0 Å². The highest BCUT2D eigenvalue weighted by Crippen LogP contribution is 2.45. The van der Waals surface area contributed by atoms with Gasteiger partial charge in [0.25, 0.3) is 0 Å². The molecule has 5 heteroatoms. The summed E-state index contributed by atoms with van der Waals surface area (Å²) in [4.78, 5) is 0. The first-order valence-electron chi connectivity index (χ1n) is 4.59. The highest BCUT2D eigenvalue weighted by atomic mass is 127. The quantitative estimate of drug-likeness (QED) is 0.620. The molecule has 0 unspecified atom stereocenters. The van der Waals surface area contributed by atoms with E-state index in [0.29, 0.717) is 10.3 Å². The van der Waals surface area contributed by atoms with Gasteiger partial charge in [0.15, 0.2) is 0 Å². The van der Waals surface area contributed by atoms with Crippen molar-refractivity contribution >= 4 is 68.7 Å². The van der Waals surface area contributed by atoms with Crippen LogP contribution in [0.1, 0.15) is 16.6 Å². The number of hydrogen-bond acceptors (Lipinski definition) is 3. The molecule has 15 heavy (non-hydrogen) atoms. The molecule has 0 radical (unpaired) electrons. The third kappa shape index (κ3) is 3.10. The summed E-state index contributed by atoms with van der Waals surface area (Å²) in [5.41, 5.74) is 1.34. The van der Waals surface area contributed by atoms with Crippen LogP contribution in [0.4, 0.5) is 0 Å². The van der Waals surface area contributed by atoms with Gasteiger partial charge in [0.1, 0.15) is 5.75 Å². The fraction of sp³-hybridized carbons (Fsp3) is 0.400. The second-order valence-electron chi connectivity index (χ2n) is 3.26. The fourth-order valence-corrected chi connectivity index (χ4v) is 6.07. The van der Waals surface area contributed by atoms with E-state index in [9.17, 15) is 5.11 Å². The van der Waals surface area contributed by atoms with Crippen LogP contribution >= 0.6 is 68.7 Å². The van der Waals surface area contributed by atoms with Crippen molar-refractivity contribution in [2.45, 2.75) is 11.0 Å². The molecule has 1 aromatic carbocycles. The van der Waals surface area contributed by atoms with Crippen LogP contribution in [0.5, 0.6) is 5.75 Å². The average molecular weight is 464 g/mol. The molecule has 0 spiro atoms. The van der Waals surface area contributed by atoms with E-state index in [4.69, 9.17) is 0 Å². The Balaban J connectivity index is 2.27. The number of phenolic OH excluding ortho intramolecular Hbond substituents is 1. The molecule has 0 saturated carbocycles. The second-order valence-corrected chi connectivity index (χ2v) is 8.31. The molecule has 2 rings (SSSR count). The van der Waals surface area contributed by atoms with Gasteiger partial charge in [-0.2, -0.15) is 0 Å². The Kier molecular flexibility index (Phi) is 4.78. The molecule has 0 bridgehead atoms. The number of halogens is 2. The Morgan fingerprint density at radius 2 is 1.67 bits per heavy atom. The predicted molar refractivity (Wildman–Crippen MR) is 85.8 cm³/mol. The highest BCUT2D eigenvalue weighted by Gasteiger charge is 2.18. The molecule has 82 valence electrons. The third-order valence-electron chi connectivity index (χ3n) is 2.14. The lowest BCUT2D eigenvalue weighted by atomic mass is 10.2. The van der Waals surface area contributed by atoms with Crippen LogP contribution in [0.2, 0.25) is 0 Å². The van der Waals surface area contributed by atoms with Gasteiger partial charge < -0.3 is 5.11 Å². The van der Waals surface area contributed by atoms with E-state index in [1.807, 2.05) is 23.5 Å². The molecule has 0 aliphatic carbocycles. The van der Waals surface area contributed by atoms with Crippen molar-refractivity contribution < 1.29 is 5.11 Å². The van der Waals surface area contributed by atoms with Crippen LogP contribution in [0.3, 0.4) is 0 Å². The van der Waals surface area contributed by atoms with E-state index < -0.39 is 0 Å². The maximum Gasteiger partial charge on any atom is 0.142 e. The van der Waals surface area contributed by atoms with E-state index >= 15 is 0 Å². The molecule has 1 aliphatic rings. The zero-order valence-corrected chi connectivity index (χ0v) is 13.8. The lowest BCUT2D eigenvalue weighted by Gasteiger charge is -2.21. The van der Waals surface area contributed by atoms with Crippen LogP contribution in [-0.4, -0.2) is 16.6 Å². The van der Waals surface area contributed by atoms with Gasteiger partial charge >= 0.3 is 0 Å². The molecule has 1 fully saturated rings. The van der Waals surface area contributed by atoms with Crippen molar-refractivity contribution in [3.8, 4) is 5.75 Å². The number of thioether (sulfide) groups is 2. The molecule has 1 nitrogen and oxygen atoms in total. The predicted octanol–water partition coefficient (Wildman–Crippen LogP) is 4.47. The van der Waals surface area contributed by atoms with Gasteiger partial charge in [-0.15, -0.1) is 23.5 Å². The summed E-state index contributed by atoms with van der Waals surface area (Å²) in [6.07, 6.45) is 1.32. The SMILES string of the molecule is Oc1c(I)cc(C2SCCCS2)cc1I. The summed E-state index contributed by atoms with van der Waals surface area (Å²) in [6.45, 7) is 0. The number of benzene rings is 1. The van der Waals surface area contributed by atoms with Crippen molar-refractivity contribution in [1.82, 2.24) is 0 Å². The van der Waals surface area contributed by atoms with E-state index in [0.717, 1.165) is 7.14 Å². The summed E-state index contributed by atoms with van der Waals surface area (Å²) in [6, 6.07) is 4.21. The zero-order chi connectivity index (χ0) is 10.8. The monoisotopic (exact) mass is 464 g/mol. The molecule has 1 saturated heterocycles.